The number of rotatable bonds is 3. The Balaban J connectivity index is 3.30. The van der Waals surface area contributed by atoms with Gasteiger partial charge in [-0.05, 0) is 19.1 Å². The quantitative estimate of drug-likeness (QED) is 0.767. The van der Waals surface area contributed by atoms with Crippen molar-refractivity contribution < 1.29 is 22.7 Å². The van der Waals surface area contributed by atoms with Crippen LogP contribution in [0.15, 0.2) is 12.1 Å². The Morgan fingerprint density at radius 3 is 2.65 bits per heavy atom. The number of halogens is 3. The smallest absolute Gasteiger partial charge is 0.341 e. The lowest BCUT2D eigenvalue weighted by molar-refractivity contribution is 0.0520. The van der Waals surface area contributed by atoms with Crippen LogP contribution in [0.5, 0.6) is 0 Å². The van der Waals surface area contributed by atoms with Crippen LogP contribution in [0, 0.1) is 17.1 Å². The Bertz CT molecular complexity index is 480. The van der Waals surface area contributed by atoms with Crippen molar-refractivity contribution in [1.29, 1.82) is 5.26 Å². The first kappa shape index (κ1) is 13.0. The average Bonchev–Trinajstić information content (AvgIpc) is 2.28. The topological polar surface area (TPSA) is 50.1 Å². The van der Waals surface area contributed by atoms with Gasteiger partial charge >= 0.3 is 5.97 Å². The van der Waals surface area contributed by atoms with Crippen molar-refractivity contribution in [2.24, 2.45) is 0 Å². The van der Waals surface area contributed by atoms with Gasteiger partial charge in [-0.15, -0.1) is 0 Å². The first-order valence-corrected chi connectivity index (χ1v) is 4.70. The van der Waals surface area contributed by atoms with E-state index in [1.165, 1.54) is 13.0 Å². The highest BCUT2D eigenvalue weighted by molar-refractivity contribution is 5.90. The molecule has 1 aromatic carbocycles. The monoisotopic (exact) mass is 243 g/mol. The van der Waals surface area contributed by atoms with Gasteiger partial charge in [0, 0.05) is 5.56 Å². The van der Waals surface area contributed by atoms with Gasteiger partial charge in [0.2, 0.25) is 0 Å². The summed E-state index contributed by atoms with van der Waals surface area (Å²) in [6.45, 7) is 1.51. The van der Waals surface area contributed by atoms with Gasteiger partial charge in [-0.25, -0.2) is 18.0 Å². The summed E-state index contributed by atoms with van der Waals surface area (Å²) in [4.78, 5) is 11.2. The molecule has 0 fully saturated rings. The Morgan fingerprint density at radius 2 is 2.18 bits per heavy atom. The number of nitrogens with zero attached hydrogens (tertiary/aromatic N) is 1. The molecule has 0 amide bonds. The van der Waals surface area contributed by atoms with Crippen LogP contribution >= 0.6 is 0 Å². The van der Waals surface area contributed by atoms with E-state index in [2.05, 4.69) is 4.74 Å². The first-order chi connectivity index (χ1) is 8.01. The minimum absolute atomic E-state index is 0.00227. The maximum atomic E-state index is 13.4. The molecule has 0 atom stereocenters. The van der Waals surface area contributed by atoms with E-state index in [0.717, 1.165) is 0 Å². The summed E-state index contributed by atoms with van der Waals surface area (Å²) in [5, 5.41) is 8.56. The number of benzene rings is 1. The number of carbonyl (C=O) groups excluding carboxylic acids is 1. The number of ether oxygens (including phenoxy) is 1. The van der Waals surface area contributed by atoms with E-state index in [0.29, 0.717) is 12.1 Å². The van der Waals surface area contributed by atoms with E-state index in [1.807, 2.05) is 0 Å². The van der Waals surface area contributed by atoms with Gasteiger partial charge in [0.25, 0.3) is 6.43 Å². The second-order valence-electron chi connectivity index (χ2n) is 3.05. The van der Waals surface area contributed by atoms with Gasteiger partial charge in [0.05, 0.1) is 23.8 Å². The van der Waals surface area contributed by atoms with E-state index >= 15 is 0 Å². The molecule has 0 radical (unpaired) electrons. The molecular weight excluding hydrogens is 235 g/mol. The molecule has 0 unspecified atom stereocenters. The second-order valence-corrected chi connectivity index (χ2v) is 3.05. The third-order valence-electron chi connectivity index (χ3n) is 1.99. The van der Waals surface area contributed by atoms with E-state index in [9.17, 15) is 18.0 Å². The van der Waals surface area contributed by atoms with E-state index in [-0.39, 0.29) is 6.61 Å². The normalized spacial score (nSPS) is 10.1. The van der Waals surface area contributed by atoms with Crippen molar-refractivity contribution in [3.05, 3.63) is 34.6 Å². The molecule has 90 valence electrons. The van der Waals surface area contributed by atoms with Crippen LogP contribution in [0.25, 0.3) is 0 Å². The Morgan fingerprint density at radius 1 is 1.53 bits per heavy atom. The molecule has 1 aromatic rings. The predicted molar refractivity (Wildman–Crippen MR) is 52.0 cm³/mol. The predicted octanol–water partition coefficient (Wildman–Crippen LogP) is 2.81. The molecule has 0 N–H and O–H groups in total. The summed E-state index contributed by atoms with van der Waals surface area (Å²) in [7, 11) is 0. The molecule has 0 spiro atoms. The zero-order valence-electron chi connectivity index (χ0n) is 8.84. The highest BCUT2D eigenvalue weighted by Crippen LogP contribution is 2.25. The third-order valence-corrected chi connectivity index (χ3v) is 1.99. The molecule has 1 rings (SSSR count). The fourth-order valence-corrected chi connectivity index (χ4v) is 1.23. The molecule has 0 aliphatic heterocycles. The van der Waals surface area contributed by atoms with E-state index < -0.39 is 34.9 Å². The number of hydrogen-bond donors (Lipinski definition) is 0. The van der Waals surface area contributed by atoms with Crippen LogP contribution in [-0.2, 0) is 4.74 Å². The van der Waals surface area contributed by atoms with Gasteiger partial charge in [0.1, 0.15) is 5.82 Å². The number of carbonyl (C=O) groups is 1. The van der Waals surface area contributed by atoms with Crippen LogP contribution in [0.4, 0.5) is 13.2 Å². The summed E-state index contributed by atoms with van der Waals surface area (Å²) in [6, 6.07) is 2.70. The summed E-state index contributed by atoms with van der Waals surface area (Å²) in [5.74, 6) is -2.08. The molecule has 0 aliphatic rings. The maximum absolute atomic E-state index is 13.4. The fourth-order valence-electron chi connectivity index (χ4n) is 1.23. The average molecular weight is 243 g/mol. The molecule has 0 saturated carbocycles. The summed E-state index contributed by atoms with van der Waals surface area (Å²) in [6.07, 6.45) is -2.96. The van der Waals surface area contributed by atoms with Crippen molar-refractivity contribution in [1.82, 2.24) is 0 Å². The van der Waals surface area contributed by atoms with Crippen molar-refractivity contribution >= 4 is 5.97 Å². The highest BCUT2D eigenvalue weighted by Gasteiger charge is 2.21. The molecular formula is C11H8F3NO2. The first-order valence-electron chi connectivity index (χ1n) is 4.70. The van der Waals surface area contributed by atoms with E-state index in [4.69, 9.17) is 5.26 Å². The lowest BCUT2D eigenvalue weighted by Crippen LogP contribution is -2.09. The van der Waals surface area contributed by atoms with Crippen LogP contribution in [-0.4, -0.2) is 12.6 Å². The van der Waals surface area contributed by atoms with Crippen LogP contribution in [0.1, 0.15) is 34.8 Å². The van der Waals surface area contributed by atoms with Crippen molar-refractivity contribution in [3.63, 3.8) is 0 Å². The van der Waals surface area contributed by atoms with E-state index in [1.54, 1.807) is 0 Å². The molecule has 0 heterocycles. The van der Waals surface area contributed by atoms with Crippen molar-refractivity contribution in [2.75, 3.05) is 6.61 Å². The summed E-state index contributed by atoms with van der Waals surface area (Å²) in [5.41, 5.74) is -1.77. The SMILES string of the molecule is CCOC(=O)c1cc(C(F)F)c(C#N)cc1F. The van der Waals surface area contributed by atoms with Crippen molar-refractivity contribution in [3.8, 4) is 6.07 Å². The lowest BCUT2D eigenvalue weighted by atomic mass is 10.0. The highest BCUT2D eigenvalue weighted by atomic mass is 19.3. The van der Waals surface area contributed by atoms with Gasteiger partial charge in [-0.1, -0.05) is 0 Å². The van der Waals surface area contributed by atoms with Crippen LogP contribution in [0.3, 0.4) is 0 Å². The number of hydrogen-bond acceptors (Lipinski definition) is 3. The summed E-state index contributed by atoms with van der Waals surface area (Å²) >= 11 is 0. The van der Waals surface area contributed by atoms with Gasteiger partial charge in [-0.2, -0.15) is 5.26 Å². The minimum Gasteiger partial charge on any atom is -0.462 e. The van der Waals surface area contributed by atoms with Crippen molar-refractivity contribution in [2.45, 2.75) is 13.3 Å². The zero-order valence-corrected chi connectivity index (χ0v) is 8.84. The lowest BCUT2D eigenvalue weighted by Gasteiger charge is -2.07. The second kappa shape index (κ2) is 5.34. The fraction of sp³-hybridized carbons (Fsp3) is 0.273. The molecule has 0 saturated heterocycles. The number of alkyl halides is 2. The molecule has 0 bridgehead atoms. The van der Waals surface area contributed by atoms with Gasteiger partial charge in [-0.3, -0.25) is 0 Å². The molecule has 0 aliphatic carbocycles. The Labute approximate surface area is 95.4 Å². The molecule has 3 nitrogen and oxygen atoms in total. The maximum Gasteiger partial charge on any atom is 0.341 e. The third kappa shape index (κ3) is 2.75. The largest absolute Gasteiger partial charge is 0.462 e. The number of nitriles is 1. The molecule has 6 heteroatoms. The van der Waals surface area contributed by atoms with Crippen LogP contribution in [0.2, 0.25) is 0 Å². The standard InChI is InChI=1S/C11H8F3NO2/c1-2-17-11(16)8-4-7(10(13)14)6(5-15)3-9(8)12/h3-4,10H,2H2,1H3. The molecule has 17 heavy (non-hydrogen) atoms. The minimum atomic E-state index is -2.96. The Kier molecular flexibility index (Phi) is 4.10. The van der Waals surface area contributed by atoms with Gasteiger partial charge < -0.3 is 4.74 Å². The number of esters is 1. The zero-order chi connectivity index (χ0) is 13.0. The van der Waals surface area contributed by atoms with Crippen LogP contribution < -0.4 is 0 Å². The summed E-state index contributed by atoms with van der Waals surface area (Å²) < 4.78 is 43.0. The molecule has 0 aromatic heterocycles. The Hall–Kier alpha value is -2.03. The van der Waals surface area contributed by atoms with Gasteiger partial charge in [0.15, 0.2) is 0 Å².